The minimum Gasteiger partial charge on any atom is -0.544 e. The number of benzene rings is 1. The van der Waals surface area contributed by atoms with Gasteiger partial charge in [-0.25, -0.2) is 0 Å². The minimum absolute atomic E-state index is 0.111. The van der Waals surface area contributed by atoms with Gasteiger partial charge in [-0.2, -0.15) is 0 Å². The van der Waals surface area contributed by atoms with Crippen LogP contribution in [0.25, 0.3) is 0 Å². The monoisotopic (exact) mass is 308 g/mol. The maximum atomic E-state index is 11.9. The SMILES string of the molecule is CCCCc1ccc(NC(=O)C[C@H]([NH2+]CC[NH3+])C(=O)[O-])cc1. The molecule has 0 unspecified atom stereocenters. The number of aryl methyl sites for hydroxylation is 1. The zero-order valence-electron chi connectivity index (χ0n) is 13.1. The highest BCUT2D eigenvalue weighted by Gasteiger charge is 2.18. The number of hydrogen-bond donors (Lipinski definition) is 3. The van der Waals surface area contributed by atoms with Crippen molar-refractivity contribution in [2.24, 2.45) is 0 Å². The van der Waals surface area contributed by atoms with Gasteiger partial charge in [-0.1, -0.05) is 25.5 Å². The largest absolute Gasteiger partial charge is 0.544 e. The topological polar surface area (TPSA) is 113 Å². The number of anilines is 1. The lowest BCUT2D eigenvalue weighted by atomic mass is 10.1. The Balaban J connectivity index is 2.50. The Hall–Kier alpha value is -1.92. The van der Waals surface area contributed by atoms with Crippen LogP contribution in [0.1, 0.15) is 31.7 Å². The lowest BCUT2D eigenvalue weighted by Gasteiger charge is -2.15. The summed E-state index contributed by atoms with van der Waals surface area (Å²) < 4.78 is 0. The van der Waals surface area contributed by atoms with Crippen LogP contribution in [0, 0.1) is 0 Å². The van der Waals surface area contributed by atoms with Crippen molar-refractivity contribution in [2.75, 3.05) is 18.4 Å². The number of carboxylic acids is 1. The van der Waals surface area contributed by atoms with Gasteiger partial charge < -0.3 is 26.3 Å². The molecule has 0 saturated heterocycles. The summed E-state index contributed by atoms with van der Waals surface area (Å²) in [6, 6.07) is 6.78. The number of quaternary nitrogens is 2. The zero-order chi connectivity index (χ0) is 16.4. The van der Waals surface area contributed by atoms with Crippen LogP contribution in [0.4, 0.5) is 5.69 Å². The van der Waals surface area contributed by atoms with E-state index < -0.39 is 12.0 Å². The van der Waals surface area contributed by atoms with Crippen molar-refractivity contribution < 1.29 is 25.7 Å². The van der Waals surface area contributed by atoms with Gasteiger partial charge in [-0.05, 0) is 30.5 Å². The number of hydrogen-bond acceptors (Lipinski definition) is 3. The van der Waals surface area contributed by atoms with Gasteiger partial charge in [0.2, 0.25) is 5.91 Å². The standard InChI is InChI=1S/C16H25N3O3/c1-2-3-4-12-5-7-13(8-6-12)19-15(20)11-14(16(21)22)18-10-9-17/h5-8,14,18H,2-4,9-11,17H2,1H3,(H,19,20)(H,21,22)/p+1/t14-/m0/s1. The Labute approximate surface area is 131 Å². The smallest absolute Gasteiger partial charge is 0.230 e. The van der Waals surface area contributed by atoms with Crippen molar-refractivity contribution in [3.63, 3.8) is 0 Å². The summed E-state index contributed by atoms with van der Waals surface area (Å²) in [6.07, 6.45) is 3.20. The number of aliphatic carboxylic acids is 1. The first kappa shape index (κ1) is 18.1. The molecule has 0 aliphatic rings. The van der Waals surface area contributed by atoms with Gasteiger partial charge in [0, 0.05) is 5.69 Å². The molecule has 0 radical (unpaired) electrons. The molecule has 1 atom stereocenters. The molecule has 0 aliphatic heterocycles. The highest BCUT2D eigenvalue weighted by Crippen LogP contribution is 2.12. The molecule has 0 spiro atoms. The summed E-state index contributed by atoms with van der Waals surface area (Å²) in [7, 11) is 0. The van der Waals surface area contributed by atoms with Crippen LogP contribution in [0.5, 0.6) is 0 Å². The molecule has 1 amide bonds. The fourth-order valence-corrected chi connectivity index (χ4v) is 2.13. The van der Waals surface area contributed by atoms with Crippen LogP contribution in [0.3, 0.4) is 0 Å². The number of nitrogens with one attached hydrogen (secondary N) is 1. The Kier molecular flexibility index (Phi) is 8.17. The van der Waals surface area contributed by atoms with E-state index in [1.807, 2.05) is 24.3 Å². The molecular weight excluding hydrogens is 282 g/mol. The molecule has 122 valence electrons. The quantitative estimate of drug-likeness (QED) is 0.478. The van der Waals surface area contributed by atoms with Crippen LogP contribution in [-0.4, -0.2) is 31.0 Å². The molecule has 1 rings (SSSR count). The molecule has 22 heavy (non-hydrogen) atoms. The molecule has 0 aromatic heterocycles. The number of amides is 1. The lowest BCUT2D eigenvalue weighted by Crippen LogP contribution is -2.95. The molecule has 1 aromatic carbocycles. The Morgan fingerprint density at radius 1 is 1.32 bits per heavy atom. The summed E-state index contributed by atoms with van der Waals surface area (Å²) >= 11 is 0. The highest BCUT2D eigenvalue weighted by atomic mass is 16.4. The second kappa shape index (κ2) is 9.92. The average molecular weight is 308 g/mol. The van der Waals surface area contributed by atoms with E-state index in [4.69, 9.17) is 0 Å². The van der Waals surface area contributed by atoms with E-state index in [0.717, 1.165) is 19.3 Å². The van der Waals surface area contributed by atoms with Crippen LogP contribution in [0.2, 0.25) is 0 Å². The summed E-state index contributed by atoms with van der Waals surface area (Å²) in [5, 5.41) is 15.3. The van der Waals surface area contributed by atoms with Gasteiger partial charge in [0.05, 0.1) is 12.4 Å². The van der Waals surface area contributed by atoms with Crippen molar-refractivity contribution >= 4 is 17.6 Å². The molecule has 1 aromatic rings. The van der Waals surface area contributed by atoms with Crippen LogP contribution < -0.4 is 21.5 Å². The average Bonchev–Trinajstić information content (AvgIpc) is 2.50. The fourth-order valence-electron chi connectivity index (χ4n) is 2.13. The third-order valence-electron chi connectivity index (χ3n) is 3.42. The maximum absolute atomic E-state index is 11.9. The molecule has 0 saturated carbocycles. The van der Waals surface area contributed by atoms with E-state index in [-0.39, 0.29) is 12.3 Å². The first-order valence-corrected chi connectivity index (χ1v) is 7.79. The summed E-state index contributed by atoms with van der Waals surface area (Å²) in [4.78, 5) is 22.9. The number of rotatable bonds is 10. The normalized spacial score (nSPS) is 11.9. The van der Waals surface area contributed by atoms with Crippen LogP contribution in [0.15, 0.2) is 24.3 Å². The summed E-state index contributed by atoms with van der Waals surface area (Å²) in [6.45, 7) is 3.30. The first-order chi connectivity index (χ1) is 10.6. The van der Waals surface area contributed by atoms with Gasteiger partial charge in [0.1, 0.15) is 19.1 Å². The fraction of sp³-hybridized carbons (Fsp3) is 0.500. The zero-order valence-corrected chi connectivity index (χ0v) is 13.1. The molecule has 6 N–H and O–H groups in total. The van der Waals surface area contributed by atoms with Gasteiger partial charge in [-0.15, -0.1) is 0 Å². The summed E-state index contributed by atoms with van der Waals surface area (Å²) in [5.41, 5.74) is 5.56. The van der Waals surface area contributed by atoms with Gasteiger partial charge in [0.15, 0.2) is 0 Å². The van der Waals surface area contributed by atoms with Crippen molar-refractivity contribution in [3.8, 4) is 0 Å². The Morgan fingerprint density at radius 3 is 2.55 bits per heavy atom. The van der Waals surface area contributed by atoms with Gasteiger partial charge in [-0.3, -0.25) is 4.79 Å². The van der Waals surface area contributed by atoms with E-state index in [0.29, 0.717) is 18.8 Å². The molecule has 6 heteroatoms. The van der Waals surface area contributed by atoms with Crippen molar-refractivity contribution in [3.05, 3.63) is 29.8 Å². The summed E-state index contributed by atoms with van der Waals surface area (Å²) in [5.74, 6) is -1.55. The van der Waals surface area contributed by atoms with Gasteiger partial charge in [0.25, 0.3) is 0 Å². The number of carbonyl (C=O) groups excluding carboxylic acids is 2. The van der Waals surface area contributed by atoms with Gasteiger partial charge >= 0.3 is 0 Å². The van der Waals surface area contributed by atoms with Crippen molar-refractivity contribution in [1.82, 2.24) is 0 Å². The molecular formula is C16H26N3O3+. The number of carboxylic acid groups (broad SMARTS) is 1. The highest BCUT2D eigenvalue weighted by molar-refractivity contribution is 5.93. The molecule has 0 aliphatic carbocycles. The second-order valence-electron chi connectivity index (χ2n) is 5.36. The second-order valence-corrected chi connectivity index (χ2v) is 5.36. The van der Waals surface area contributed by atoms with Crippen molar-refractivity contribution in [2.45, 2.75) is 38.6 Å². The number of nitrogens with two attached hydrogens (primary N) is 1. The van der Waals surface area contributed by atoms with Crippen molar-refractivity contribution in [1.29, 1.82) is 0 Å². The maximum Gasteiger partial charge on any atom is 0.230 e. The van der Waals surface area contributed by atoms with Crippen LogP contribution >= 0.6 is 0 Å². The molecule has 0 fully saturated rings. The molecule has 0 bridgehead atoms. The first-order valence-electron chi connectivity index (χ1n) is 7.79. The minimum atomic E-state index is -1.22. The number of carbonyl (C=O) groups is 2. The number of unbranched alkanes of at least 4 members (excludes halogenated alkanes) is 1. The Bertz CT molecular complexity index is 474. The Morgan fingerprint density at radius 2 is 2.00 bits per heavy atom. The third kappa shape index (κ3) is 6.69. The van der Waals surface area contributed by atoms with E-state index in [1.165, 1.54) is 5.56 Å². The third-order valence-corrected chi connectivity index (χ3v) is 3.42. The van der Waals surface area contributed by atoms with E-state index >= 15 is 0 Å². The van der Waals surface area contributed by atoms with E-state index in [2.05, 4.69) is 18.0 Å². The lowest BCUT2D eigenvalue weighted by molar-refractivity contribution is -0.695. The van der Waals surface area contributed by atoms with E-state index in [9.17, 15) is 14.7 Å². The predicted molar refractivity (Wildman–Crippen MR) is 81.6 cm³/mol. The molecule has 6 nitrogen and oxygen atoms in total. The predicted octanol–water partition coefficient (Wildman–Crippen LogP) is -1.72. The van der Waals surface area contributed by atoms with Crippen LogP contribution in [-0.2, 0) is 16.0 Å². The molecule has 0 heterocycles. The van der Waals surface area contributed by atoms with E-state index in [1.54, 1.807) is 5.32 Å².